The molecule has 1 saturated carbocycles. The molecule has 1 atom stereocenters. The van der Waals surface area contributed by atoms with Crippen molar-refractivity contribution in [1.29, 1.82) is 0 Å². The second-order valence-corrected chi connectivity index (χ2v) is 8.27. The van der Waals surface area contributed by atoms with E-state index in [4.69, 9.17) is 4.74 Å². The van der Waals surface area contributed by atoms with Crippen molar-refractivity contribution in [3.05, 3.63) is 29.8 Å². The van der Waals surface area contributed by atoms with Crippen LogP contribution in [-0.4, -0.2) is 16.7 Å². The summed E-state index contributed by atoms with van der Waals surface area (Å²) in [7, 11) is 0. The lowest BCUT2D eigenvalue weighted by Gasteiger charge is -2.39. The van der Waals surface area contributed by atoms with Gasteiger partial charge in [-0.15, -0.1) is 0 Å². The van der Waals surface area contributed by atoms with E-state index in [1.54, 1.807) is 12.1 Å². The molecule has 3 nitrogen and oxygen atoms in total. The number of phenols is 1. The van der Waals surface area contributed by atoms with E-state index >= 15 is 0 Å². The summed E-state index contributed by atoms with van der Waals surface area (Å²) in [6.07, 6.45) is 8.19. The van der Waals surface area contributed by atoms with Crippen LogP contribution in [-0.2, 0) is 9.53 Å². The van der Waals surface area contributed by atoms with Crippen LogP contribution in [0.15, 0.2) is 24.3 Å². The minimum atomic E-state index is -0.516. The molecular formula is C22H34O3. The number of phenolic OH excluding ortho intramolecular Hbond substituents is 1. The van der Waals surface area contributed by atoms with E-state index in [0.717, 1.165) is 44.9 Å². The van der Waals surface area contributed by atoms with Crippen molar-refractivity contribution in [3.8, 4) is 5.75 Å². The molecule has 0 radical (unpaired) electrons. The van der Waals surface area contributed by atoms with Gasteiger partial charge in [-0.25, -0.2) is 0 Å². The van der Waals surface area contributed by atoms with Crippen LogP contribution >= 0.6 is 0 Å². The van der Waals surface area contributed by atoms with Gasteiger partial charge in [0.15, 0.2) is 0 Å². The number of aromatic hydroxyl groups is 1. The van der Waals surface area contributed by atoms with Gasteiger partial charge >= 0.3 is 5.97 Å². The Morgan fingerprint density at radius 1 is 1.16 bits per heavy atom. The molecular weight excluding hydrogens is 312 g/mol. The SMILES string of the molecule is CCC(CC(C)(C)C(=O)OC1(CC)CCCCC1)c1ccc(O)cc1. The predicted octanol–water partition coefficient (Wildman–Crippen LogP) is 5.96. The molecule has 1 fully saturated rings. The Labute approximate surface area is 152 Å². The minimum absolute atomic E-state index is 0.0616. The zero-order valence-corrected chi connectivity index (χ0v) is 16.3. The lowest BCUT2D eigenvalue weighted by molar-refractivity contribution is -0.175. The van der Waals surface area contributed by atoms with Crippen LogP contribution in [0.5, 0.6) is 5.75 Å². The molecule has 0 spiro atoms. The number of hydrogen-bond acceptors (Lipinski definition) is 3. The van der Waals surface area contributed by atoms with Crippen molar-refractivity contribution in [1.82, 2.24) is 0 Å². The highest BCUT2D eigenvalue weighted by atomic mass is 16.6. The molecule has 2 rings (SSSR count). The van der Waals surface area contributed by atoms with Gasteiger partial charge in [0.1, 0.15) is 11.4 Å². The first-order valence-corrected chi connectivity index (χ1v) is 9.84. The predicted molar refractivity (Wildman–Crippen MR) is 102 cm³/mol. The number of ether oxygens (including phenoxy) is 1. The van der Waals surface area contributed by atoms with E-state index in [-0.39, 0.29) is 23.2 Å². The van der Waals surface area contributed by atoms with E-state index in [1.165, 1.54) is 12.0 Å². The highest BCUT2D eigenvalue weighted by molar-refractivity contribution is 5.76. The summed E-state index contributed by atoms with van der Waals surface area (Å²) in [6.45, 7) is 8.29. The standard InChI is InChI=1S/C22H34O3/c1-5-17(18-10-12-19(23)13-11-18)16-21(3,4)20(24)25-22(6-2)14-8-7-9-15-22/h10-13,17,23H,5-9,14-16H2,1-4H3. The van der Waals surface area contributed by atoms with Crippen LogP contribution in [0, 0.1) is 5.41 Å². The number of benzene rings is 1. The molecule has 1 unspecified atom stereocenters. The van der Waals surface area contributed by atoms with Crippen molar-refractivity contribution >= 4 is 5.97 Å². The number of hydrogen-bond donors (Lipinski definition) is 1. The molecule has 140 valence electrons. The first-order valence-electron chi connectivity index (χ1n) is 9.84. The van der Waals surface area contributed by atoms with E-state index in [2.05, 4.69) is 13.8 Å². The Bertz CT molecular complexity index is 553. The monoisotopic (exact) mass is 346 g/mol. The van der Waals surface area contributed by atoms with Crippen LogP contribution < -0.4 is 0 Å². The van der Waals surface area contributed by atoms with Gasteiger partial charge in [0.05, 0.1) is 5.41 Å². The van der Waals surface area contributed by atoms with Crippen molar-refractivity contribution in [2.45, 2.75) is 90.6 Å². The number of esters is 1. The summed E-state index contributed by atoms with van der Waals surface area (Å²) in [6, 6.07) is 7.36. The van der Waals surface area contributed by atoms with E-state index in [1.807, 2.05) is 26.0 Å². The van der Waals surface area contributed by atoms with Crippen LogP contribution in [0.4, 0.5) is 0 Å². The normalized spacial score (nSPS) is 18.6. The van der Waals surface area contributed by atoms with Gasteiger partial charge in [-0.3, -0.25) is 4.79 Å². The first kappa shape index (κ1) is 19.8. The second kappa shape index (κ2) is 8.25. The fourth-order valence-corrected chi connectivity index (χ4v) is 4.00. The highest BCUT2D eigenvalue weighted by Crippen LogP contribution is 2.40. The third-order valence-corrected chi connectivity index (χ3v) is 5.88. The smallest absolute Gasteiger partial charge is 0.312 e. The number of rotatable bonds is 7. The zero-order valence-electron chi connectivity index (χ0n) is 16.3. The Hall–Kier alpha value is -1.51. The highest BCUT2D eigenvalue weighted by Gasteiger charge is 2.40. The average molecular weight is 347 g/mol. The minimum Gasteiger partial charge on any atom is -0.508 e. The van der Waals surface area contributed by atoms with Gasteiger partial charge in [-0.05, 0) is 82.4 Å². The summed E-state index contributed by atoms with van der Waals surface area (Å²) in [5.41, 5.74) is 0.412. The Morgan fingerprint density at radius 2 is 1.76 bits per heavy atom. The molecule has 1 aliphatic rings. The molecule has 1 aromatic rings. The lowest BCUT2D eigenvalue weighted by Crippen LogP contribution is -2.41. The quantitative estimate of drug-likeness (QED) is 0.620. The third-order valence-electron chi connectivity index (χ3n) is 5.88. The molecule has 1 N–H and O–H groups in total. The summed E-state index contributed by atoms with van der Waals surface area (Å²) < 4.78 is 6.11. The maximum atomic E-state index is 13.0. The van der Waals surface area contributed by atoms with Crippen LogP contribution in [0.25, 0.3) is 0 Å². The summed E-state index contributed by atoms with van der Waals surface area (Å²) >= 11 is 0. The fourth-order valence-electron chi connectivity index (χ4n) is 4.00. The van der Waals surface area contributed by atoms with Gasteiger partial charge in [0.2, 0.25) is 0 Å². The third kappa shape index (κ3) is 4.99. The maximum absolute atomic E-state index is 13.0. The van der Waals surface area contributed by atoms with Crippen LogP contribution in [0.3, 0.4) is 0 Å². The number of carbonyl (C=O) groups excluding carboxylic acids is 1. The maximum Gasteiger partial charge on any atom is 0.312 e. The molecule has 0 aliphatic heterocycles. The van der Waals surface area contributed by atoms with Gasteiger partial charge in [-0.1, -0.05) is 32.4 Å². The van der Waals surface area contributed by atoms with Gasteiger partial charge in [-0.2, -0.15) is 0 Å². The molecule has 0 saturated heterocycles. The molecule has 1 aromatic carbocycles. The Balaban J connectivity index is 2.07. The molecule has 25 heavy (non-hydrogen) atoms. The van der Waals surface area contributed by atoms with E-state index in [9.17, 15) is 9.90 Å². The molecule has 3 heteroatoms. The van der Waals surface area contributed by atoms with Gasteiger partial charge in [0.25, 0.3) is 0 Å². The van der Waals surface area contributed by atoms with Crippen molar-refractivity contribution in [3.63, 3.8) is 0 Å². The van der Waals surface area contributed by atoms with E-state index in [0.29, 0.717) is 0 Å². The fraction of sp³-hybridized carbons (Fsp3) is 0.682. The number of carbonyl (C=O) groups is 1. The van der Waals surface area contributed by atoms with Crippen molar-refractivity contribution < 1.29 is 14.6 Å². The summed E-state index contributed by atoms with van der Waals surface area (Å²) in [4.78, 5) is 13.0. The largest absolute Gasteiger partial charge is 0.508 e. The van der Waals surface area contributed by atoms with Crippen LogP contribution in [0.2, 0.25) is 0 Å². The average Bonchev–Trinajstić information content (AvgIpc) is 2.61. The van der Waals surface area contributed by atoms with E-state index < -0.39 is 5.41 Å². The second-order valence-electron chi connectivity index (χ2n) is 8.27. The molecule has 0 heterocycles. The summed E-state index contributed by atoms with van der Waals surface area (Å²) in [5.74, 6) is 0.500. The van der Waals surface area contributed by atoms with Crippen molar-refractivity contribution in [2.24, 2.45) is 5.41 Å². The Kier molecular flexibility index (Phi) is 6.53. The topological polar surface area (TPSA) is 46.5 Å². The van der Waals surface area contributed by atoms with Gasteiger partial charge < -0.3 is 9.84 Å². The molecule has 0 aromatic heterocycles. The first-order chi connectivity index (χ1) is 11.8. The zero-order chi connectivity index (χ0) is 18.5. The summed E-state index contributed by atoms with van der Waals surface area (Å²) in [5, 5.41) is 9.50. The molecule has 0 amide bonds. The van der Waals surface area contributed by atoms with Crippen molar-refractivity contribution in [2.75, 3.05) is 0 Å². The lowest BCUT2D eigenvalue weighted by atomic mass is 9.78. The van der Waals surface area contributed by atoms with Gasteiger partial charge in [0, 0.05) is 0 Å². The Morgan fingerprint density at radius 3 is 2.28 bits per heavy atom. The molecule has 0 bridgehead atoms. The molecule has 1 aliphatic carbocycles. The van der Waals surface area contributed by atoms with Crippen LogP contribution in [0.1, 0.15) is 90.5 Å².